The van der Waals surface area contributed by atoms with Gasteiger partial charge in [0.15, 0.2) is 0 Å². The Bertz CT molecular complexity index is 1640. The zero-order valence-electron chi connectivity index (χ0n) is 23.8. The first-order valence-corrected chi connectivity index (χ1v) is 13.4. The lowest BCUT2D eigenvalue weighted by molar-refractivity contribution is -0.137. The Morgan fingerprint density at radius 1 is 1.07 bits per heavy atom. The minimum atomic E-state index is -4.50. The van der Waals surface area contributed by atoms with Crippen LogP contribution >= 0.6 is 0 Å². The first-order chi connectivity index (χ1) is 19.9. The molecule has 5 rings (SSSR count). The maximum atomic E-state index is 13.4. The van der Waals surface area contributed by atoms with E-state index in [4.69, 9.17) is 20.4 Å². The van der Waals surface area contributed by atoms with Crippen LogP contribution in [-0.2, 0) is 23.9 Å². The number of hydrogen-bond acceptors (Lipinski definition) is 8. The largest absolute Gasteiger partial charge is 0.481 e. The van der Waals surface area contributed by atoms with Crippen molar-refractivity contribution in [2.45, 2.75) is 37.9 Å². The van der Waals surface area contributed by atoms with Crippen LogP contribution in [0.1, 0.15) is 41.3 Å². The van der Waals surface area contributed by atoms with E-state index in [1.807, 2.05) is 36.2 Å². The number of nitrogen functional groups attached to an aromatic ring is 1. The highest BCUT2D eigenvalue weighted by Crippen LogP contribution is 2.40. The summed E-state index contributed by atoms with van der Waals surface area (Å²) in [6.07, 6.45) is -0.705. The molecule has 0 atom stereocenters. The van der Waals surface area contributed by atoms with Crippen LogP contribution in [0.25, 0.3) is 10.9 Å². The van der Waals surface area contributed by atoms with Crippen LogP contribution in [-0.4, -0.2) is 54.0 Å². The summed E-state index contributed by atoms with van der Waals surface area (Å²) in [6, 6.07) is 11.1. The Morgan fingerprint density at radius 2 is 1.83 bits per heavy atom. The van der Waals surface area contributed by atoms with Crippen LogP contribution in [0.4, 0.5) is 36.1 Å². The lowest BCUT2D eigenvalue weighted by atomic mass is 10.1. The first kappa shape index (κ1) is 28.9. The smallest absolute Gasteiger partial charge is 0.416 e. The number of nitrogens with one attached hydrogen (secondary N) is 1. The molecule has 0 spiro atoms. The van der Waals surface area contributed by atoms with Crippen molar-refractivity contribution in [3.63, 3.8) is 0 Å². The topological polar surface area (TPSA) is 109 Å². The Kier molecular flexibility index (Phi) is 7.81. The van der Waals surface area contributed by atoms with E-state index in [0.717, 1.165) is 41.9 Å². The number of pyridine rings is 1. The first-order valence-electron chi connectivity index (χ1n) is 13.4. The molecule has 1 aliphatic carbocycles. The maximum absolute atomic E-state index is 13.4. The van der Waals surface area contributed by atoms with Gasteiger partial charge in [0, 0.05) is 55.9 Å². The molecule has 2 heterocycles. The summed E-state index contributed by atoms with van der Waals surface area (Å²) in [5, 5.41) is 3.95. The van der Waals surface area contributed by atoms with E-state index in [1.54, 1.807) is 20.3 Å². The molecule has 0 saturated heterocycles. The molecule has 0 bridgehead atoms. The average Bonchev–Trinajstić information content (AvgIpc) is 3.80. The predicted molar refractivity (Wildman–Crippen MR) is 156 cm³/mol. The zero-order valence-corrected chi connectivity index (χ0v) is 23.8. The van der Waals surface area contributed by atoms with Gasteiger partial charge in [-0.05, 0) is 60.9 Å². The molecule has 0 radical (unpaired) electrons. The number of anilines is 4. The molecule has 2 aromatic heterocycles. The SMILES string of the molecule is COc1ncc(N(C)c2ccc3nc(C4CC4)nc(NCc4cc(N)cc(C(F)(F)F)c4)c3c2)cc1CC(=O)N(C)C. The number of amides is 1. The van der Waals surface area contributed by atoms with Crippen molar-refractivity contribution in [3.8, 4) is 5.88 Å². The van der Waals surface area contributed by atoms with E-state index in [2.05, 4.69) is 10.3 Å². The zero-order chi connectivity index (χ0) is 30.2. The Hall–Kier alpha value is -4.61. The molecule has 220 valence electrons. The number of likely N-dealkylation sites (N-methyl/N-ethyl adjacent to an activating group) is 1. The summed E-state index contributed by atoms with van der Waals surface area (Å²) in [6.45, 7) is 0.0933. The maximum Gasteiger partial charge on any atom is 0.416 e. The molecule has 0 aliphatic heterocycles. The normalized spacial score (nSPS) is 13.2. The fourth-order valence-corrected chi connectivity index (χ4v) is 4.62. The molecular weight excluding hydrogens is 547 g/mol. The van der Waals surface area contributed by atoms with Crippen molar-refractivity contribution in [1.29, 1.82) is 0 Å². The molecule has 1 saturated carbocycles. The summed E-state index contributed by atoms with van der Waals surface area (Å²) in [5.74, 6) is 1.81. The number of hydrogen-bond donors (Lipinski definition) is 2. The molecule has 3 N–H and O–H groups in total. The molecule has 1 fully saturated rings. The number of benzene rings is 2. The standard InChI is InChI=1S/C30H32F3N7O2/c1-39(2)26(41)12-19-11-23(16-36-29(19)42-4)40(3)22-7-8-25-24(14-22)28(38-27(37-25)18-5-6-18)35-15-17-9-20(30(31,32)33)13-21(34)10-17/h7-11,13-14,16,18H,5-6,12,15,34H2,1-4H3,(H,35,37,38). The lowest BCUT2D eigenvalue weighted by Crippen LogP contribution is -2.24. The van der Waals surface area contributed by atoms with E-state index in [9.17, 15) is 18.0 Å². The molecule has 4 aromatic rings. The number of alkyl halides is 3. The van der Waals surface area contributed by atoms with Crippen LogP contribution in [0.3, 0.4) is 0 Å². The van der Waals surface area contributed by atoms with E-state index in [0.29, 0.717) is 34.0 Å². The summed E-state index contributed by atoms with van der Waals surface area (Å²) in [5.41, 5.74) is 8.32. The molecule has 9 nitrogen and oxygen atoms in total. The van der Waals surface area contributed by atoms with Crippen LogP contribution in [0, 0.1) is 0 Å². The van der Waals surface area contributed by atoms with Gasteiger partial charge < -0.3 is 25.6 Å². The van der Waals surface area contributed by atoms with Crippen LogP contribution in [0.15, 0.2) is 48.7 Å². The van der Waals surface area contributed by atoms with Crippen LogP contribution in [0.5, 0.6) is 5.88 Å². The minimum absolute atomic E-state index is 0.0384. The number of rotatable bonds is 9. The van der Waals surface area contributed by atoms with Crippen LogP contribution < -0.4 is 20.7 Å². The molecule has 1 aliphatic rings. The number of aromatic nitrogens is 3. The number of fused-ring (bicyclic) bond motifs is 1. The Balaban J connectivity index is 1.48. The van der Waals surface area contributed by atoms with Crippen molar-refractivity contribution in [3.05, 3.63) is 71.2 Å². The molecule has 12 heteroatoms. The van der Waals surface area contributed by atoms with Crippen LogP contribution in [0.2, 0.25) is 0 Å². The number of ether oxygens (including phenoxy) is 1. The number of halogens is 3. The Labute approximate surface area is 241 Å². The van der Waals surface area contributed by atoms with Gasteiger partial charge in [0.2, 0.25) is 11.8 Å². The third-order valence-electron chi connectivity index (χ3n) is 7.16. The van der Waals surface area contributed by atoms with Gasteiger partial charge >= 0.3 is 6.18 Å². The molecule has 0 unspecified atom stereocenters. The number of nitrogens with zero attached hydrogens (tertiary/aromatic N) is 5. The van der Waals surface area contributed by atoms with E-state index in [1.165, 1.54) is 18.1 Å². The van der Waals surface area contributed by atoms with Gasteiger partial charge in [0.1, 0.15) is 11.6 Å². The summed E-state index contributed by atoms with van der Waals surface area (Å²) >= 11 is 0. The third-order valence-corrected chi connectivity index (χ3v) is 7.16. The molecule has 42 heavy (non-hydrogen) atoms. The fourth-order valence-electron chi connectivity index (χ4n) is 4.62. The average molecular weight is 580 g/mol. The second-order valence-corrected chi connectivity index (χ2v) is 10.6. The monoisotopic (exact) mass is 579 g/mol. The fraction of sp³-hybridized carbons (Fsp3) is 0.333. The lowest BCUT2D eigenvalue weighted by Gasteiger charge is -2.22. The summed E-state index contributed by atoms with van der Waals surface area (Å²) in [7, 11) is 6.77. The molecular formula is C30H32F3N7O2. The second kappa shape index (κ2) is 11.3. The highest BCUT2D eigenvalue weighted by Gasteiger charge is 2.31. The Morgan fingerprint density at radius 3 is 2.50 bits per heavy atom. The van der Waals surface area contributed by atoms with Gasteiger partial charge in [-0.2, -0.15) is 13.2 Å². The summed E-state index contributed by atoms with van der Waals surface area (Å²) < 4.78 is 45.5. The number of methoxy groups -OCH3 is 1. The highest BCUT2D eigenvalue weighted by atomic mass is 19.4. The van der Waals surface area contributed by atoms with Gasteiger partial charge in [-0.3, -0.25) is 4.79 Å². The van der Waals surface area contributed by atoms with Gasteiger partial charge in [0.05, 0.1) is 36.5 Å². The van der Waals surface area contributed by atoms with Gasteiger partial charge in [-0.25, -0.2) is 15.0 Å². The van der Waals surface area contributed by atoms with E-state index >= 15 is 0 Å². The number of nitrogens with two attached hydrogens (primary N) is 1. The van der Waals surface area contributed by atoms with E-state index in [-0.39, 0.29) is 30.5 Å². The van der Waals surface area contributed by atoms with E-state index < -0.39 is 11.7 Å². The quantitative estimate of drug-likeness (QED) is 0.250. The second-order valence-electron chi connectivity index (χ2n) is 10.6. The minimum Gasteiger partial charge on any atom is -0.481 e. The highest BCUT2D eigenvalue weighted by molar-refractivity contribution is 5.92. The van der Waals surface area contributed by atoms with Gasteiger partial charge in [-0.1, -0.05) is 0 Å². The summed E-state index contributed by atoms with van der Waals surface area (Å²) in [4.78, 5) is 29.8. The van der Waals surface area contributed by atoms with Crippen molar-refractivity contribution in [2.75, 3.05) is 44.2 Å². The molecule has 1 amide bonds. The number of carbonyl (C=O) groups is 1. The van der Waals surface area contributed by atoms with Gasteiger partial charge in [0.25, 0.3) is 0 Å². The van der Waals surface area contributed by atoms with Crippen molar-refractivity contribution in [2.24, 2.45) is 0 Å². The van der Waals surface area contributed by atoms with Gasteiger partial charge in [-0.15, -0.1) is 0 Å². The number of carbonyl (C=O) groups excluding carboxylic acids is 1. The van der Waals surface area contributed by atoms with Crippen molar-refractivity contribution >= 4 is 39.7 Å². The van der Waals surface area contributed by atoms with Crippen molar-refractivity contribution < 1.29 is 22.7 Å². The third kappa shape index (κ3) is 6.32. The van der Waals surface area contributed by atoms with Crippen molar-refractivity contribution in [1.82, 2.24) is 19.9 Å². The molecule has 2 aromatic carbocycles. The predicted octanol–water partition coefficient (Wildman–Crippen LogP) is 5.52.